The molecule has 134 valence electrons. The highest BCUT2D eigenvalue weighted by Crippen LogP contribution is 2.60. The molecule has 0 atom stereocenters. The van der Waals surface area contributed by atoms with Crippen LogP contribution in [0.25, 0.3) is 32.7 Å². The highest BCUT2D eigenvalue weighted by atomic mass is 14.5. The zero-order valence-corrected chi connectivity index (χ0v) is 16.6. The van der Waals surface area contributed by atoms with Gasteiger partial charge in [0.1, 0.15) is 0 Å². The molecule has 1 aliphatic carbocycles. The van der Waals surface area contributed by atoms with Gasteiger partial charge in [-0.15, -0.1) is 0 Å². The Hall–Kier alpha value is -2.60. The second-order valence-electron chi connectivity index (χ2n) is 8.60. The zero-order chi connectivity index (χ0) is 18.8. The summed E-state index contributed by atoms with van der Waals surface area (Å²) in [6.45, 7) is 9.62. The van der Waals surface area contributed by atoms with Gasteiger partial charge in [0.05, 0.1) is 0 Å². The van der Waals surface area contributed by atoms with Gasteiger partial charge in [0.25, 0.3) is 0 Å². The van der Waals surface area contributed by atoms with Crippen LogP contribution in [0, 0.1) is 11.8 Å². The van der Waals surface area contributed by atoms with Gasteiger partial charge in [-0.1, -0.05) is 100 Å². The van der Waals surface area contributed by atoms with Crippen LogP contribution in [-0.2, 0) is 5.41 Å². The van der Waals surface area contributed by atoms with Crippen molar-refractivity contribution in [2.24, 2.45) is 11.8 Å². The van der Waals surface area contributed by atoms with Gasteiger partial charge in [0.2, 0.25) is 0 Å². The fourth-order valence-electron chi connectivity index (χ4n) is 5.83. The van der Waals surface area contributed by atoms with Gasteiger partial charge in [-0.25, -0.2) is 0 Å². The fraction of sp³-hybridized carbons (Fsp3) is 0.259. The molecule has 0 saturated heterocycles. The molecule has 0 amide bonds. The Morgan fingerprint density at radius 3 is 1.33 bits per heavy atom. The molecule has 0 heteroatoms. The monoisotopic (exact) mass is 350 g/mol. The highest BCUT2D eigenvalue weighted by Gasteiger charge is 2.49. The van der Waals surface area contributed by atoms with Crippen molar-refractivity contribution in [2.45, 2.75) is 33.1 Å². The van der Waals surface area contributed by atoms with Gasteiger partial charge < -0.3 is 0 Å². The first-order valence-electron chi connectivity index (χ1n) is 10.1. The van der Waals surface area contributed by atoms with Gasteiger partial charge in [-0.2, -0.15) is 0 Å². The summed E-state index contributed by atoms with van der Waals surface area (Å²) in [6, 6.07) is 27.1. The number of fused-ring (bicyclic) bond motifs is 7. The first kappa shape index (κ1) is 16.6. The van der Waals surface area contributed by atoms with Crippen LogP contribution in [0.3, 0.4) is 0 Å². The summed E-state index contributed by atoms with van der Waals surface area (Å²) in [5, 5.41) is 5.52. The van der Waals surface area contributed by atoms with Crippen LogP contribution in [0.4, 0.5) is 0 Å². The lowest BCUT2D eigenvalue weighted by Gasteiger charge is -2.41. The third kappa shape index (κ3) is 1.99. The summed E-state index contributed by atoms with van der Waals surface area (Å²) in [5.74, 6) is 1.02. The van der Waals surface area contributed by atoms with E-state index in [9.17, 15) is 0 Å². The number of rotatable bonds is 2. The minimum absolute atomic E-state index is 0.0202. The summed E-state index contributed by atoms with van der Waals surface area (Å²) in [4.78, 5) is 0. The Morgan fingerprint density at radius 2 is 0.926 bits per heavy atom. The predicted molar refractivity (Wildman–Crippen MR) is 117 cm³/mol. The van der Waals surface area contributed by atoms with Crippen LogP contribution in [0.1, 0.15) is 38.8 Å². The molecule has 4 aromatic carbocycles. The average Bonchev–Trinajstić information content (AvgIpc) is 3.00. The van der Waals surface area contributed by atoms with Gasteiger partial charge in [-0.3, -0.25) is 0 Å². The van der Waals surface area contributed by atoms with Crippen LogP contribution >= 0.6 is 0 Å². The van der Waals surface area contributed by atoms with E-state index in [1.54, 1.807) is 0 Å². The second-order valence-corrected chi connectivity index (χ2v) is 8.60. The molecular formula is C27H26. The summed E-state index contributed by atoms with van der Waals surface area (Å²) in [5.41, 5.74) is 5.95. The SMILES string of the molecule is CC(C)C1(C(C)C)c2c(ccc3ccccc23)-c2ccc3ccccc3c21. The molecule has 0 spiro atoms. The van der Waals surface area contributed by atoms with E-state index < -0.39 is 0 Å². The minimum Gasteiger partial charge on any atom is -0.0616 e. The van der Waals surface area contributed by atoms with Crippen molar-refractivity contribution in [3.63, 3.8) is 0 Å². The Bertz CT molecular complexity index is 1080. The Morgan fingerprint density at radius 1 is 0.519 bits per heavy atom. The topological polar surface area (TPSA) is 0 Å². The van der Waals surface area contributed by atoms with Crippen LogP contribution < -0.4 is 0 Å². The second kappa shape index (κ2) is 5.70. The van der Waals surface area contributed by atoms with E-state index in [-0.39, 0.29) is 5.41 Å². The molecule has 0 radical (unpaired) electrons. The maximum absolute atomic E-state index is 2.41. The average molecular weight is 351 g/mol. The van der Waals surface area contributed by atoms with Gasteiger partial charge in [-0.05, 0) is 55.6 Å². The van der Waals surface area contributed by atoms with Crippen LogP contribution in [0.2, 0.25) is 0 Å². The molecule has 0 saturated carbocycles. The molecule has 0 aliphatic heterocycles. The summed E-state index contributed by atoms with van der Waals surface area (Å²) >= 11 is 0. The maximum Gasteiger partial charge on any atom is 0.0273 e. The van der Waals surface area contributed by atoms with Crippen LogP contribution in [-0.4, -0.2) is 0 Å². The van der Waals surface area contributed by atoms with Crippen molar-refractivity contribution in [3.8, 4) is 11.1 Å². The predicted octanol–water partition coefficient (Wildman–Crippen LogP) is 7.57. The van der Waals surface area contributed by atoms with E-state index in [1.807, 2.05) is 0 Å². The maximum atomic E-state index is 2.41. The molecule has 0 unspecified atom stereocenters. The van der Waals surface area contributed by atoms with E-state index in [0.717, 1.165) is 0 Å². The van der Waals surface area contributed by atoms with Crippen molar-refractivity contribution in [3.05, 3.63) is 83.9 Å². The van der Waals surface area contributed by atoms with Crippen molar-refractivity contribution in [1.82, 2.24) is 0 Å². The molecule has 4 aromatic rings. The van der Waals surface area contributed by atoms with Crippen LogP contribution in [0.15, 0.2) is 72.8 Å². The molecule has 0 aromatic heterocycles. The van der Waals surface area contributed by atoms with Crippen LogP contribution in [0.5, 0.6) is 0 Å². The third-order valence-corrected chi connectivity index (χ3v) is 6.80. The van der Waals surface area contributed by atoms with Crippen molar-refractivity contribution < 1.29 is 0 Å². The normalized spacial score (nSPS) is 14.9. The number of hydrogen-bond donors (Lipinski definition) is 0. The van der Waals surface area contributed by atoms with Gasteiger partial charge in [0.15, 0.2) is 0 Å². The van der Waals surface area contributed by atoms with E-state index in [1.165, 1.54) is 43.8 Å². The molecule has 0 heterocycles. The Labute approximate surface area is 161 Å². The zero-order valence-electron chi connectivity index (χ0n) is 16.6. The van der Waals surface area contributed by atoms with Crippen molar-refractivity contribution >= 4 is 21.5 Å². The molecular weight excluding hydrogens is 324 g/mol. The summed E-state index contributed by atoms with van der Waals surface area (Å²) < 4.78 is 0. The summed E-state index contributed by atoms with van der Waals surface area (Å²) in [7, 11) is 0. The smallest absolute Gasteiger partial charge is 0.0273 e. The molecule has 0 N–H and O–H groups in total. The van der Waals surface area contributed by atoms with Gasteiger partial charge >= 0.3 is 0 Å². The van der Waals surface area contributed by atoms with Crippen molar-refractivity contribution in [1.29, 1.82) is 0 Å². The van der Waals surface area contributed by atoms with Crippen molar-refractivity contribution in [2.75, 3.05) is 0 Å². The van der Waals surface area contributed by atoms with E-state index in [4.69, 9.17) is 0 Å². The number of benzene rings is 4. The number of hydrogen-bond acceptors (Lipinski definition) is 0. The Balaban J connectivity index is 2.05. The largest absolute Gasteiger partial charge is 0.0616 e. The quantitative estimate of drug-likeness (QED) is 0.350. The lowest BCUT2D eigenvalue weighted by molar-refractivity contribution is 0.284. The minimum atomic E-state index is 0.0202. The molecule has 5 rings (SSSR count). The fourth-order valence-corrected chi connectivity index (χ4v) is 5.83. The summed E-state index contributed by atoms with van der Waals surface area (Å²) in [6.07, 6.45) is 0. The third-order valence-electron chi connectivity index (χ3n) is 6.80. The standard InChI is InChI=1S/C27H26/c1-17(2)27(18(3)4)25-21-11-7-5-9-19(21)13-15-23(25)24-16-14-20-10-6-8-12-22(20)26(24)27/h5-18H,1-4H3. The first-order valence-corrected chi connectivity index (χ1v) is 10.1. The molecule has 0 bridgehead atoms. The Kier molecular flexibility index (Phi) is 3.49. The van der Waals surface area contributed by atoms with E-state index >= 15 is 0 Å². The lowest BCUT2D eigenvalue weighted by atomic mass is 9.61. The lowest BCUT2D eigenvalue weighted by Crippen LogP contribution is -2.37. The van der Waals surface area contributed by atoms with E-state index in [0.29, 0.717) is 11.8 Å². The first-order chi connectivity index (χ1) is 13.1. The van der Waals surface area contributed by atoms with Gasteiger partial charge in [0, 0.05) is 5.41 Å². The molecule has 1 aliphatic rings. The molecule has 0 fully saturated rings. The molecule has 0 nitrogen and oxygen atoms in total. The highest BCUT2D eigenvalue weighted by molar-refractivity contribution is 6.03. The molecule has 27 heavy (non-hydrogen) atoms. The van der Waals surface area contributed by atoms with E-state index in [2.05, 4.69) is 100 Å².